The lowest BCUT2D eigenvalue weighted by Gasteiger charge is -2.14. The van der Waals surface area contributed by atoms with Crippen LogP contribution in [0.4, 0.5) is 4.39 Å². The molecule has 0 heterocycles. The summed E-state index contributed by atoms with van der Waals surface area (Å²) in [6.07, 6.45) is 5.81. The molecule has 1 aromatic carbocycles. The fraction of sp³-hybridized carbons (Fsp3) is 0.467. The topological polar surface area (TPSA) is 18.5 Å². The second-order valence-electron chi connectivity index (χ2n) is 4.03. The molecule has 0 aliphatic rings. The number of terminal acetylenes is 1. The van der Waals surface area contributed by atoms with E-state index in [4.69, 9.17) is 15.9 Å². The molecule has 0 radical (unpaired) electrons. The van der Waals surface area contributed by atoms with Crippen LogP contribution in [0.5, 0.6) is 11.5 Å². The minimum atomic E-state index is -0.302. The van der Waals surface area contributed by atoms with Crippen molar-refractivity contribution in [1.82, 2.24) is 0 Å². The number of benzene rings is 1. The second-order valence-corrected chi connectivity index (χ2v) is 4.03. The molecular weight excluding hydrogens is 231 g/mol. The van der Waals surface area contributed by atoms with Gasteiger partial charge in [-0.25, -0.2) is 4.39 Å². The van der Waals surface area contributed by atoms with Gasteiger partial charge in [-0.1, -0.05) is 6.92 Å². The largest absolute Gasteiger partial charge is 0.490 e. The molecule has 1 unspecified atom stereocenters. The molecule has 0 amide bonds. The minimum Gasteiger partial charge on any atom is -0.490 e. The molecule has 0 aromatic heterocycles. The summed E-state index contributed by atoms with van der Waals surface area (Å²) < 4.78 is 24.7. The van der Waals surface area contributed by atoms with Crippen LogP contribution < -0.4 is 9.47 Å². The zero-order chi connectivity index (χ0) is 13.5. The van der Waals surface area contributed by atoms with E-state index in [1.165, 1.54) is 6.07 Å². The number of halogens is 1. The van der Waals surface area contributed by atoms with Gasteiger partial charge >= 0.3 is 0 Å². The highest BCUT2D eigenvalue weighted by atomic mass is 19.1. The zero-order valence-electron chi connectivity index (χ0n) is 11.1. The Balaban J connectivity index is 3.06. The average Bonchev–Trinajstić information content (AvgIpc) is 2.35. The van der Waals surface area contributed by atoms with Crippen LogP contribution in [0.3, 0.4) is 0 Å². The van der Waals surface area contributed by atoms with Crippen molar-refractivity contribution in [3.05, 3.63) is 23.5 Å². The number of hydrogen-bond donors (Lipinski definition) is 0. The van der Waals surface area contributed by atoms with Crippen LogP contribution in [-0.4, -0.2) is 13.2 Å². The molecule has 98 valence electrons. The third-order valence-electron chi connectivity index (χ3n) is 2.52. The van der Waals surface area contributed by atoms with Gasteiger partial charge in [-0.05, 0) is 31.9 Å². The Morgan fingerprint density at radius 2 is 1.78 bits per heavy atom. The van der Waals surface area contributed by atoms with Crippen molar-refractivity contribution in [2.75, 3.05) is 13.2 Å². The Kier molecular flexibility index (Phi) is 5.51. The molecule has 1 rings (SSSR count). The summed E-state index contributed by atoms with van der Waals surface area (Å²) in [5, 5.41) is 0. The van der Waals surface area contributed by atoms with Crippen molar-refractivity contribution >= 4 is 0 Å². The van der Waals surface area contributed by atoms with E-state index in [1.54, 1.807) is 6.07 Å². The van der Waals surface area contributed by atoms with Crippen LogP contribution in [-0.2, 0) is 6.42 Å². The summed E-state index contributed by atoms with van der Waals surface area (Å²) in [6.45, 7) is 6.59. The van der Waals surface area contributed by atoms with Crippen LogP contribution in [0.25, 0.3) is 0 Å². The van der Waals surface area contributed by atoms with Crippen molar-refractivity contribution in [2.45, 2.75) is 27.2 Å². The first-order chi connectivity index (χ1) is 8.62. The lowest BCUT2D eigenvalue weighted by atomic mass is 10.0. The van der Waals surface area contributed by atoms with E-state index >= 15 is 0 Å². The van der Waals surface area contributed by atoms with E-state index < -0.39 is 0 Å². The first kappa shape index (κ1) is 14.4. The second kappa shape index (κ2) is 6.90. The fourth-order valence-electron chi connectivity index (χ4n) is 1.66. The van der Waals surface area contributed by atoms with Crippen LogP contribution in [0, 0.1) is 24.1 Å². The normalized spacial score (nSPS) is 11.7. The van der Waals surface area contributed by atoms with Crippen molar-refractivity contribution in [3.8, 4) is 23.8 Å². The molecule has 0 saturated heterocycles. The maximum atomic E-state index is 13.9. The van der Waals surface area contributed by atoms with Gasteiger partial charge < -0.3 is 9.47 Å². The van der Waals surface area contributed by atoms with Crippen LogP contribution in [0.15, 0.2) is 12.1 Å². The van der Waals surface area contributed by atoms with Crippen molar-refractivity contribution < 1.29 is 13.9 Å². The van der Waals surface area contributed by atoms with Gasteiger partial charge in [0.1, 0.15) is 5.82 Å². The maximum Gasteiger partial charge on any atom is 0.164 e. The van der Waals surface area contributed by atoms with Crippen molar-refractivity contribution in [2.24, 2.45) is 5.92 Å². The molecule has 2 nitrogen and oxygen atoms in total. The smallest absolute Gasteiger partial charge is 0.164 e. The van der Waals surface area contributed by atoms with Gasteiger partial charge in [-0.3, -0.25) is 0 Å². The summed E-state index contributed by atoms with van der Waals surface area (Å²) in [5.74, 6) is 3.29. The first-order valence-electron chi connectivity index (χ1n) is 6.16. The third-order valence-corrected chi connectivity index (χ3v) is 2.52. The third kappa shape index (κ3) is 3.66. The first-order valence-corrected chi connectivity index (χ1v) is 6.16. The number of hydrogen-bond acceptors (Lipinski definition) is 2. The fourth-order valence-corrected chi connectivity index (χ4v) is 1.66. The lowest BCUT2D eigenvalue weighted by Crippen LogP contribution is -2.04. The highest BCUT2D eigenvalue weighted by Gasteiger charge is 2.13. The van der Waals surface area contributed by atoms with Crippen LogP contribution >= 0.6 is 0 Å². The van der Waals surface area contributed by atoms with Crippen molar-refractivity contribution in [3.63, 3.8) is 0 Å². The van der Waals surface area contributed by atoms with Crippen LogP contribution in [0.1, 0.15) is 26.3 Å². The van der Waals surface area contributed by atoms with E-state index in [-0.39, 0.29) is 11.7 Å². The van der Waals surface area contributed by atoms with Gasteiger partial charge in [-0.2, -0.15) is 0 Å². The van der Waals surface area contributed by atoms with Gasteiger partial charge in [0.25, 0.3) is 0 Å². The minimum absolute atomic E-state index is 0.00748. The molecule has 0 bridgehead atoms. The molecule has 0 spiro atoms. The average molecular weight is 250 g/mol. The molecule has 0 saturated carbocycles. The Morgan fingerprint density at radius 3 is 2.28 bits per heavy atom. The summed E-state index contributed by atoms with van der Waals surface area (Å²) in [4.78, 5) is 0. The molecule has 0 aliphatic carbocycles. The molecule has 0 fully saturated rings. The number of ether oxygens (including phenoxy) is 2. The molecule has 1 atom stereocenters. The Labute approximate surface area is 108 Å². The zero-order valence-corrected chi connectivity index (χ0v) is 11.1. The Hall–Kier alpha value is -1.69. The van der Waals surface area contributed by atoms with Gasteiger partial charge in [0.15, 0.2) is 11.5 Å². The van der Waals surface area contributed by atoms with E-state index in [2.05, 4.69) is 5.92 Å². The standard InChI is InChI=1S/C15H19FO2/c1-5-11(4)8-12-9-14(17-6-2)15(18-7-3)10-13(12)16/h1,9-11H,6-8H2,2-4H3. The summed E-state index contributed by atoms with van der Waals surface area (Å²) >= 11 is 0. The quantitative estimate of drug-likeness (QED) is 0.720. The molecule has 3 heteroatoms. The van der Waals surface area contributed by atoms with Gasteiger partial charge in [-0.15, -0.1) is 12.3 Å². The van der Waals surface area contributed by atoms with Gasteiger partial charge in [0.2, 0.25) is 0 Å². The van der Waals surface area contributed by atoms with E-state index in [1.807, 2.05) is 20.8 Å². The SMILES string of the molecule is C#CC(C)Cc1cc(OCC)c(OCC)cc1F. The van der Waals surface area contributed by atoms with E-state index in [0.717, 1.165) is 0 Å². The van der Waals surface area contributed by atoms with Gasteiger partial charge in [0, 0.05) is 12.0 Å². The van der Waals surface area contributed by atoms with E-state index in [9.17, 15) is 4.39 Å². The number of rotatable bonds is 6. The highest BCUT2D eigenvalue weighted by Crippen LogP contribution is 2.31. The van der Waals surface area contributed by atoms with Gasteiger partial charge in [0.05, 0.1) is 13.2 Å². The predicted molar refractivity (Wildman–Crippen MR) is 70.4 cm³/mol. The van der Waals surface area contributed by atoms with E-state index in [0.29, 0.717) is 36.7 Å². The maximum absolute atomic E-state index is 13.9. The summed E-state index contributed by atoms with van der Waals surface area (Å²) in [6, 6.07) is 3.05. The van der Waals surface area contributed by atoms with Crippen molar-refractivity contribution in [1.29, 1.82) is 0 Å². The highest BCUT2D eigenvalue weighted by molar-refractivity contribution is 5.44. The predicted octanol–water partition coefficient (Wildman–Crippen LogP) is 3.43. The summed E-state index contributed by atoms with van der Waals surface area (Å²) in [5.41, 5.74) is 0.562. The summed E-state index contributed by atoms with van der Waals surface area (Å²) in [7, 11) is 0. The molecule has 0 aliphatic heterocycles. The van der Waals surface area contributed by atoms with Crippen LogP contribution in [0.2, 0.25) is 0 Å². The molecule has 1 aromatic rings. The Morgan fingerprint density at radius 1 is 1.22 bits per heavy atom. The monoisotopic (exact) mass is 250 g/mol. The molecule has 18 heavy (non-hydrogen) atoms. The molecule has 0 N–H and O–H groups in total. The Bertz CT molecular complexity index is 435. The lowest BCUT2D eigenvalue weighted by molar-refractivity contribution is 0.285. The molecular formula is C15H19FO2.